The molecule has 0 atom stereocenters. The minimum absolute atomic E-state index is 0.683. The van der Waals surface area contributed by atoms with Crippen LogP contribution in [0.5, 0.6) is 0 Å². The fourth-order valence-electron chi connectivity index (χ4n) is 2.37. The normalized spacial score (nSPS) is 12.0. The zero-order chi connectivity index (χ0) is 20.3. The first-order valence-corrected chi connectivity index (χ1v) is 14.2. The third-order valence-electron chi connectivity index (χ3n) is 4.04. The number of hydrogen-bond acceptors (Lipinski definition) is 6. The van der Waals surface area contributed by atoms with Crippen LogP contribution in [-0.2, 0) is 26.6 Å². The Labute approximate surface area is 164 Å². The predicted molar refractivity (Wildman–Crippen MR) is 111 cm³/mol. The summed E-state index contributed by atoms with van der Waals surface area (Å²) in [5, 5.41) is 0. The Morgan fingerprint density at radius 2 is 0.962 bits per heavy atom. The van der Waals surface area contributed by atoms with Gasteiger partial charge in [-0.15, -0.1) is 0 Å². The molecular weight excluding hydrogens is 368 g/mol. The van der Waals surface area contributed by atoms with Crippen molar-refractivity contribution in [2.45, 2.75) is 78.8 Å². The number of unbranched alkanes of at least 4 members (excludes halogenated alkanes) is 5. The molecule has 0 N–H and O–H groups in total. The molecule has 0 aromatic carbocycles. The first kappa shape index (κ1) is 28.4. The summed E-state index contributed by atoms with van der Waals surface area (Å²) in [4.78, 5) is 0. The number of rotatable bonds is 16. The van der Waals surface area contributed by atoms with Crippen molar-refractivity contribution in [2.75, 3.05) is 41.2 Å². The fourth-order valence-corrected chi connectivity index (χ4v) is 5.56. The summed E-state index contributed by atoms with van der Waals surface area (Å²) in [7, 11) is 0.212. The van der Waals surface area contributed by atoms with Crippen molar-refractivity contribution in [3.63, 3.8) is 0 Å². The molecule has 0 unspecified atom stereocenters. The molecule has 0 radical (unpaired) electrons. The second-order valence-electron chi connectivity index (χ2n) is 5.97. The smallest absolute Gasteiger partial charge is 0.377 e. The summed E-state index contributed by atoms with van der Waals surface area (Å²) in [5.74, 6) is 0. The molecule has 6 nitrogen and oxygen atoms in total. The SMILES string of the molecule is CCCCCCCC[Si](OCC)(OCC)OCC.CO[Si](C)(OC)OC. The van der Waals surface area contributed by atoms with Gasteiger partial charge in [-0.2, -0.15) is 0 Å². The van der Waals surface area contributed by atoms with E-state index in [9.17, 15) is 0 Å². The maximum atomic E-state index is 5.83. The molecule has 26 heavy (non-hydrogen) atoms. The standard InChI is InChI=1S/C14H32O3Si.C4H12O3Si/c1-5-9-10-11-12-13-14-18(15-6-2,16-7-3)17-8-4;1-5-8(4,6-2)7-3/h5-14H2,1-4H3;1-4H3. The molecule has 0 spiro atoms. The highest BCUT2D eigenvalue weighted by molar-refractivity contribution is 6.60. The van der Waals surface area contributed by atoms with Crippen LogP contribution in [0, 0.1) is 0 Å². The van der Waals surface area contributed by atoms with Gasteiger partial charge in [0.25, 0.3) is 0 Å². The van der Waals surface area contributed by atoms with E-state index < -0.39 is 17.6 Å². The van der Waals surface area contributed by atoms with Crippen molar-refractivity contribution in [3.05, 3.63) is 0 Å². The van der Waals surface area contributed by atoms with Crippen LogP contribution in [0.4, 0.5) is 0 Å². The van der Waals surface area contributed by atoms with Gasteiger partial charge in [0.2, 0.25) is 0 Å². The van der Waals surface area contributed by atoms with E-state index in [1.54, 1.807) is 21.3 Å². The maximum Gasteiger partial charge on any atom is 0.500 e. The molecule has 8 heteroatoms. The quantitative estimate of drug-likeness (QED) is 0.266. The monoisotopic (exact) mass is 412 g/mol. The molecule has 0 heterocycles. The molecule has 0 saturated heterocycles. The predicted octanol–water partition coefficient (Wildman–Crippen LogP) is 4.89. The lowest BCUT2D eigenvalue weighted by Gasteiger charge is -2.28. The van der Waals surface area contributed by atoms with Crippen LogP contribution >= 0.6 is 0 Å². The van der Waals surface area contributed by atoms with E-state index in [0.717, 1.165) is 12.5 Å². The lowest BCUT2D eigenvalue weighted by molar-refractivity contribution is 0.0706. The Bertz CT molecular complexity index is 266. The number of hydrogen-bond donors (Lipinski definition) is 0. The molecule has 160 valence electrons. The minimum Gasteiger partial charge on any atom is -0.377 e. The molecule has 0 aliphatic carbocycles. The third kappa shape index (κ3) is 14.3. The van der Waals surface area contributed by atoms with Crippen molar-refractivity contribution in [2.24, 2.45) is 0 Å². The highest BCUT2D eigenvalue weighted by atomic mass is 28.4. The summed E-state index contributed by atoms with van der Waals surface area (Å²) < 4.78 is 32.3. The third-order valence-corrected chi connectivity index (χ3v) is 9.42. The van der Waals surface area contributed by atoms with Gasteiger partial charge in [-0.3, -0.25) is 0 Å². The van der Waals surface area contributed by atoms with Crippen molar-refractivity contribution in [1.82, 2.24) is 0 Å². The van der Waals surface area contributed by atoms with E-state index in [0.29, 0.717) is 19.8 Å². The molecule has 0 aromatic heterocycles. The topological polar surface area (TPSA) is 55.4 Å². The molecule has 0 amide bonds. The summed E-state index contributed by atoms with van der Waals surface area (Å²) in [6.45, 7) is 12.2. The molecule has 0 aliphatic rings. The molecule has 0 aliphatic heterocycles. The Kier molecular flexibility index (Phi) is 20.3. The van der Waals surface area contributed by atoms with Crippen molar-refractivity contribution >= 4 is 17.6 Å². The van der Waals surface area contributed by atoms with Gasteiger partial charge in [0.05, 0.1) is 0 Å². The Morgan fingerprint density at radius 1 is 0.577 bits per heavy atom. The second-order valence-corrected chi connectivity index (χ2v) is 11.7. The van der Waals surface area contributed by atoms with E-state index in [1.807, 2.05) is 27.3 Å². The van der Waals surface area contributed by atoms with Crippen LogP contribution in [0.3, 0.4) is 0 Å². The van der Waals surface area contributed by atoms with Crippen LogP contribution in [0.1, 0.15) is 66.2 Å². The molecular formula is C18H44O6Si2. The van der Waals surface area contributed by atoms with E-state index in [4.69, 9.17) is 26.6 Å². The van der Waals surface area contributed by atoms with Crippen LogP contribution in [0.2, 0.25) is 12.6 Å². The van der Waals surface area contributed by atoms with E-state index in [1.165, 1.54) is 32.1 Å². The van der Waals surface area contributed by atoms with Gasteiger partial charge in [-0.25, -0.2) is 0 Å². The lowest BCUT2D eigenvalue weighted by Crippen LogP contribution is -2.45. The molecule has 0 fully saturated rings. The largest absolute Gasteiger partial charge is 0.500 e. The molecule has 0 bridgehead atoms. The van der Waals surface area contributed by atoms with Crippen molar-refractivity contribution in [1.29, 1.82) is 0 Å². The summed E-state index contributed by atoms with van der Waals surface area (Å²) in [5.41, 5.74) is 0. The van der Waals surface area contributed by atoms with Gasteiger partial charge in [0.15, 0.2) is 0 Å². The lowest BCUT2D eigenvalue weighted by atomic mass is 10.1. The summed E-state index contributed by atoms with van der Waals surface area (Å²) >= 11 is 0. The van der Waals surface area contributed by atoms with Crippen LogP contribution < -0.4 is 0 Å². The zero-order valence-electron chi connectivity index (χ0n) is 18.5. The van der Waals surface area contributed by atoms with Gasteiger partial charge in [-0.05, 0) is 27.2 Å². The van der Waals surface area contributed by atoms with Crippen molar-refractivity contribution in [3.8, 4) is 0 Å². The maximum absolute atomic E-state index is 5.83. The van der Waals surface area contributed by atoms with Crippen LogP contribution in [0.25, 0.3) is 0 Å². The van der Waals surface area contributed by atoms with Crippen molar-refractivity contribution < 1.29 is 26.6 Å². The minimum atomic E-state index is -2.36. The summed E-state index contributed by atoms with van der Waals surface area (Å²) in [6.07, 6.45) is 7.75. The second kappa shape index (κ2) is 18.6. The highest BCUT2D eigenvalue weighted by Crippen LogP contribution is 2.20. The first-order chi connectivity index (χ1) is 12.4. The highest BCUT2D eigenvalue weighted by Gasteiger charge is 2.39. The van der Waals surface area contributed by atoms with Crippen LogP contribution in [0.15, 0.2) is 0 Å². The first-order valence-electron chi connectivity index (χ1n) is 10.00. The molecule has 0 aromatic rings. The fraction of sp³-hybridized carbons (Fsp3) is 1.00. The van der Waals surface area contributed by atoms with Gasteiger partial charge >= 0.3 is 17.6 Å². The van der Waals surface area contributed by atoms with E-state index in [-0.39, 0.29) is 0 Å². The van der Waals surface area contributed by atoms with Gasteiger partial charge in [0.1, 0.15) is 0 Å². The van der Waals surface area contributed by atoms with Gasteiger partial charge in [-0.1, -0.05) is 39.0 Å². The molecule has 0 saturated carbocycles. The summed E-state index contributed by atoms with van der Waals surface area (Å²) in [6, 6.07) is 0.967. The Balaban J connectivity index is 0. The van der Waals surface area contributed by atoms with Gasteiger partial charge in [0, 0.05) is 53.7 Å². The average Bonchev–Trinajstić information content (AvgIpc) is 2.65. The average molecular weight is 413 g/mol. The van der Waals surface area contributed by atoms with E-state index in [2.05, 4.69) is 6.92 Å². The Hall–Kier alpha value is 0.194. The zero-order valence-corrected chi connectivity index (χ0v) is 20.5. The van der Waals surface area contributed by atoms with Crippen LogP contribution in [-0.4, -0.2) is 58.8 Å². The van der Waals surface area contributed by atoms with Gasteiger partial charge < -0.3 is 26.6 Å². The van der Waals surface area contributed by atoms with E-state index >= 15 is 0 Å². The Morgan fingerprint density at radius 3 is 1.27 bits per heavy atom. The molecule has 0 rings (SSSR count).